The molecule has 0 aliphatic heterocycles. The highest BCUT2D eigenvalue weighted by atomic mass is 35.5. The summed E-state index contributed by atoms with van der Waals surface area (Å²) in [6.07, 6.45) is 1.97. The molecule has 0 fully saturated rings. The van der Waals surface area contributed by atoms with Gasteiger partial charge in [-0.25, -0.2) is 9.48 Å². The molecule has 1 N–H and O–H groups in total. The first-order chi connectivity index (χ1) is 12.6. The molecule has 5 nitrogen and oxygen atoms in total. The second kappa shape index (κ2) is 8.06. The SMILES string of the molecule is CCNC(=O)N(C)Cc1cn(-c2ccccc2)nc1-c1ccc(Cl)cc1. The fourth-order valence-electron chi connectivity index (χ4n) is 2.70. The van der Waals surface area contributed by atoms with Gasteiger partial charge in [0.15, 0.2) is 0 Å². The number of carbonyl (C=O) groups excluding carboxylic acids is 1. The zero-order valence-corrected chi connectivity index (χ0v) is 15.6. The second-order valence-electron chi connectivity index (χ2n) is 5.98. The number of hydrogen-bond donors (Lipinski definition) is 1. The smallest absolute Gasteiger partial charge is 0.317 e. The molecule has 0 radical (unpaired) electrons. The van der Waals surface area contributed by atoms with Crippen LogP contribution in [0.1, 0.15) is 12.5 Å². The van der Waals surface area contributed by atoms with Gasteiger partial charge in [0.2, 0.25) is 0 Å². The Balaban J connectivity index is 1.99. The number of amides is 2. The summed E-state index contributed by atoms with van der Waals surface area (Å²) in [7, 11) is 1.77. The van der Waals surface area contributed by atoms with Gasteiger partial charge in [0.1, 0.15) is 0 Å². The largest absolute Gasteiger partial charge is 0.338 e. The van der Waals surface area contributed by atoms with Crippen LogP contribution >= 0.6 is 11.6 Å². The molecule has 1 heterocycles. The van der Waals surface area contributed by atoms with E-state index >= 15 is 0 Å². The van der Waals surface area contributed by atoms with Crippen LogP contribution in [0.4, 0.5) is 4.79 Å². The third-order valence-corrected chi connectivity index (χ3v) is 4.26. The van der Waals surface area contributed by atoms with E-state index < -0.39 is 0 Å². The number of rotatable bonds is 5. The first kappa shape index (κ1) is 18.0. The predicted molar refractivity (Wildman–Crippen MR) is 105 cm³/mol. The Hall–Kier alpha value is -2.79. The van der Waals surface area contributed by atoms with Crippen molar-refractivity contribution in [3.05, 3.63) is 71.4 Å². The maximum atomic E-state index is 12.1. The third kappa shape index (κ3) is 4.06. The molecule has 0 saturated heterocycles. The van der Waals surface area contributed by atoms with E-state index in [9.17, 15) is 4.79 Å². The van der Waals surface area contributed by atoms with Crippen LogP contribution in [0.2, 0.25) is 5.02 Å². The second-order valence-corrected chi connectivity index (χ2v) is 6.42. The van der Waals surface area contributed by atoms with Gasteiger partial charge in [-0.2, -0.15) is 5.10 Å². The number of hydrogen-bond acceptors (Lipinski definition) is 2. The topological polar surface area (TPSA) is 50.2 Å². The summed E-state index contributed by atoms with van der Waals surface area (Å²) in [5.74, 6) is 0. The fourth-order valence-corrected chi connectivity index (χ4v) is 2.83. The van der Waals surface area contributed by atoms with Gasteiger partial charge in [0, 0.05) is 35.9 Å². The van der Waals surface area contributed by atoms with E-state index in [1.54, 1.807) is 11.9 Å². The summed E-state index contributed by atoms with van der Waals surface area (Å²) in [6, 6.07) is 17.4. The van der Waals surface area contributed by atoms with Gasteiger partial charge in [-0.05, 0) is 31.2 Å². The van der Waals surface area contributed by atoms with Gasteiger partial charge in [-0.15, -0.1) is 0 Å². The van der Waals surface area contributed by atoms with E-state index in [1.807, 2.05) is 72.4 Å². The number of nitrogens with one attached hydrogen (secondary N) is 1. The van der Waals surface area contributed by atoms with Gasteiger partial charge >= 0.3 is 6.03 Å². The quantitative estimate of drug-likeness (QED) is 0.727. The summed E-state index contributed by atoms with van der Waals surface area (Å²) in [6.45, 7) is 2.95. The van der Waals surface area contributed by atoms with Crippen LogP contribution in [0.25, 0.3) is 16.9 Å². The lowest BCUT2D eigenvalue weighted by atomic mass is 10.1. The first-order valence-electron chi connectivity index (χ1n) is 8.47. The fraction of sp³-hybridized carbons (Fsp3) is 0.200. The normalized spacial score (nSPS) is 10.6. The van der Waals surface area contributed by atoms with Crippen LogP contribution in [0.3, 0.4) is 0 Å². The van der Waals surface area contributed by atoms with Crippen molar-refractivity contribution in [1.29, 1.82) is 0 Å². The Morgan fingerprint density at radius 3 is 2.50 bits per heavy atom. The predicted octanol–water partition coefficient (Wildman–Crippen LogP) is 4.35. The van der Waals surface area contributed by atoms with E-state index in [2.05, 4.69) is 5.32 Å². The van der Waals surface area contributed by atoms with E-state index in [-0.39, 0.29) is 6.03 Å². The Morgan fingerprint density at radius 1 is 1.15 bits per heavy atom. The minimum absolute atomic E-state index is 0.109. The minimum atomic E-state index is -0.109. The lowest BCUT2D eigenvalue weighted by Gasteiger charge is -2.17. The molecule has 0 aliphatic carbocycles. The maximum absolute atomic E-state index is 12.1. The first-order valence-corrected chi connectivity index (χ1v) is 8.85. The molecule has 3 rings (SSSR count). The van der Waals surface area contributed by atoms with Crippen LogP contribution in [-0.2, 0) is 6.54 Å². The molecule has 2 amide bonds. The van der Waals surface area contributed by atoms with Gasteiger partial charge in [-0.1, -0.05) is 41.9 Å². The molecule has 0 saturated carbocycles. The molecule has 2 aromatic carbocycles. The molecule has 26 heavy (non-hydrogen) atoms. The zero-order valence-electron chi connectivity index (χ0n) is 14.8. The number of nitrogens with zero attached hydrogens (tertiary/aromatic N) is 3. The number of halogens is 1. The van der Waals surface area contributed by atoms with Crippen LogP contribution in [0, 0.1) is 0 Å². The molecule has 1 aromatic heterocycles. The Bertz CT molecular complexity index is 875. The van der Waals surface area contributed by atoms with Gasteiger partial charge in [0.25, 0.3) is 0 Å². The van der Waals surface area contributed by atoms with Crippen LogP contribution < -0.4 is 5.32 Å². The third-order valence-electron chi connectivity index (χ3n) is 4.01. The van der Waals surface area contributed by atoms with Crippen molar-refractivity contribution in [2.75, 3.05) is 13.6 Å². The average Bonchev–Trinajstić information content (AvgIpc) is 3.07. The lowest BCUT2D eigenvalue weighted by Crippen LogP contribution is -2.36. The van der Waals surface area contributed by atoms with Crippen molar-refractivity contribution in [1.82, 2.24) is 20.0 Å². The monoisotopic (exact) mass is 368 g/mol. The van der Waals surface area contributed by atoms with E-state index in [0.717, 1.165) is 22.5 Å². The molecule has 0 atom stereocenters. The number of carbonyl (C=O) groups is 1. The van der Waals surface area contributed by atoms with Gasteiger partial charge in [-0.3, -0.25) is 0 Å². The zero-order chi connectivity index (χ0) is 18.5. The molecule has 6 heteroatoms. The Morgan fingerprint density at radius 2 is 1.85 bits per heavy atom. The summed E-state index contributed by atoms with van der Waals surface area (Å²) >= 11 is 6.01. The average molecular weight is 369 g/mol. The maximum Gasteiger partial charge on any atom is 0.317 e. The van der Waals surface area contributed by atoms with E-state index in [4.69, 9.17) is 16.7 Å². The summed E-state index contributed by atoms with van der Waals surface area (Å²) in [5.41, 5.74) is 3.73. The molecule has 0 spiro atoms. The molecule has 134 valence electrons. The number of para-hydroxylation sites is 1. The Kier molecular flexibility index (Phi) is 5.58. The number of urea groups is 1. The van der Waals surface area contributed by atoms with Crippen LogP contribution in [0.5, 0.6) is 0 Å². The highest BCUT2D eigenvalue weighted by Gasteiger charge is 2.16. The minimum Gasteiger partial charge on any atom is -0.338 e. The van der Waals surface area contributed by atoms with Gasteiger partial charge < -0.3 is 10.2 Å². The van der Waals surface area contributed by atoms with Gasteiger partial charge in [0.05, 0.1) is 17.9 Å². The van der Waals surface area contributed by atoms with E-state index in [0.29, 0.717) is 18.1 Å². The number of aromatic nitrogens is 2. The highest BCUT2D eigenvalue weighted by molar-refractivity contribution is 6.30. The summed E-state index contributed by atoms with van der Waals surface area (Å²) < 4.78 is 1.84. The van der Waals surface area contributed by atoms with Crippen LogP contribution in [-0.4, -0.2) is 34.3 Å². The lowest BCUT2D eigenvalue weighted by molar-refractivity contribution is 0.207. The van der Waals surface area contributed by atoms with Crippen molar-refractivity contribution in [3.63, 3.8) is 0 Å². The van der Waals surface area contributed by atoms with Crippen molar-refractivity contribution < 1.29 is 4.79 Å². The molecule has 0 unspecified atom stereocenters. The van der Waals surface area contributed by atoms with Crippen molar-refractivity contribution in [2.45, 2.75) is 13.5 Å². The summed E-state index contributed by atoms with van der Waals surface area (Å²) in [5, 5.41) is 8.25. The van der Waals surface area contributed by atoms with Crippen molar-refractivity contribution >= 4 is 17.6 Å². The van der Waals surface area contributed by atoms with Crippen molar-refractivity contribution in [3.8, 4) is 16.9 Å². The summed E-state index contributed by atoms with van der Waals surface area (Å²) in [4.78, 5) is 13.7. The Labute approximate surface area is 158 Å². The standard InChI is InChI=1S/C20H21ClN4O/c1-3-22-20(26)24(2)13-16-14-25(18-7-5-4-6-8-18)23-19(16)15-9-11-17(21)12-10-15/h4-12,14H,3,13H2,1-2H3,(H,22,26). The molecule has 0 bridgehead atoms. The molecule has 3 aromatic rings. The molecular formula is C20H21ClN4O. The highest BCUT2D eigenvalue weighted by Crippen LogP contribution is 2.26. The van der Waals surface area contributed by atoms with Crippen molar-refractivity contribution in [2.24, 2.45) is 0 Å². The molecular weight excluding hydrogens is 348 g/mol. The number of benzene rings is 2. The van der Waals surface area contributed by atoms with Crippen LogP contribution in [0.15, 0.2) is 60.8 Å². The van der Waals surface area contributed by atoms with E-state index in [1.165, 1.54) is 0 Å². The molecule has 0 aliphatic rings.